The van der Waals surface area contributed by atoms with Crippen molar-refractivity contribution in [2.45, 2.75) is 45.3 Å². The number of esters is 1. The van der Waals surface area contributed by atoms with E-state index < -0.39 is 0 Å². The van der Waals surface area contributed by atoms with Gasteiger partial charge in [0.1, 0.15) is 0 Å². The van der Waals surface area contributed by atoms with Gasteiger partial charge in [-0.2, -0.15) is 0 Å². The lowest BCUT2D eigenvalue weighted by Crippen LogP contribution is -2.34. The highest BCUT2D eigenvalue weighted by atomic mass is 16.5. The van der Waals surface area contributed by atoms with Crippen LogP contribution in [0.3, 0.4) is 0 Å². The van der Waals surface area contributed by atoms with E-state index in [1.54, 1.807) is 7.11 Å². The summed E-state index contributed by atoms with van der Waals surface area (Å²) in [4.78, 5) is 11.4. The molecule has 0 radical (unpaired) electrons. The summed E-state index contributed by atoms with van der Waals surface area (Å²) < 4.78 is 10.3. The van der Waals surface area contributed by atoms with Crippen LogP contribution < -0.4 is 5.32 Å². The van der Waals surface area contributed by atoms with Crippen molar-refractivity contribution < 1.29 is 14.3 Å². The Morgan fingerprint density at radius 1 is 1.50 bits per heavy atom. The smallest absolute Gasteiger partial charge is 0.309 e. The van der Waals surface area contributed by atoms with Gasteiger partial charge >= 0.3 is 5.97 Å². The van der Waals surface area contributed by atoms with Crippen molar-refractivity contribution in [3.8, 4) is 0 Å². The average Bonchev–Trinajstić information content (AvgIpc) is 2.74. The topological polar surface area (TPSA) is 47.6 Å². The second-order valence-electron chi connectivity index (χ2n) is 4.43. The predicted octanol–water partition coefficient (Wildman–Crippen LogP) is 1.34. The lowest BCUT2D eigenvalue weighted by Gasteiger charge is -2.16. The zero-order chi connectivity index (χ0) is 12.0. The van der Waals surface area contributed by atoms with Crippen molar-refractivity contribution in [3.63, 3.8) is 0 Å². The highest BCUT2D eigenvalue weighted by Gasteiger charge is 2.25. The molecule has 3 unspecified atom stereocenters. The molecule has 0 aromatic heterocycles. The molecule has 3 atom stereocenters. The molecule has 1 saturated carbocycles. The third-order valence-corrected chi connectivity index (χ3v) is 3.12. The lowest BCUT2D eigenvalue weighted by atomic mass is 10.1. The van der Waals surface area contributed by atoms with E-state index in [2.05, 4.69) is 5.32 Å². The molecule has 0 bridgehead atoms. The fraction of sp³-hybridized carbons (Fsp3) is 0.917. The van der Waals surface area contributed by atoms with Crippen LogP contribution in [0.5, 0.6) is 0 Å². The summed E-state index contributed by atoms with van der Waals surface area (Å²) in [5.74, 6) is -0.183. The largest absolute Gasteiger partial charge is 0.466 e. The third-order valence-electron chi connectivity index (χ3n) is 3.12. The molecule has 16 heavy (non-hydrogen) atoms. The van der Waals surface area contributed by atoms with Gasteiger partial charge in [0.15, 0.2) is 0 Å². The van der Waals surface area contributed by atoms with Crippen LogP contribution in [-0.2, 0) is 14.3 Å². The Morgan fingerprint density at radius 3 is 2.81 bits per heavy atom. The molecule has 4 heteroatoms. The number of carbonyl (C=O) groups is 1. The maximum absolute atomic E-state index is 11.4. The molecule has 0 aromatic rings. The fourth-order valence-corrected chi connectivity index (χ4v) is 2.05. The Morgan fingerprint density at radius 2 is 2.25 bits per heavy atom. The second-order valence-corrected chi connectivity index (χ2v) is 4.43. The number of nitrogens with one attached hydrogen (secondary N) is 1. The number of hydrogen-bond acceptors (Lipinski definition) is 4. The Labute approximate surface area is 97.7 Å². The van der Waals surface area contributed by atoms with Crippen molar-refractivity contribution in [1.82, 2.24) is 5.32 Å². The molecule has 0 aromatic carbocycles. The maximum atomic E-state index is 11.4. The first-order chi connectivity index (χ1) is 7.67. The van der Waals surface area contributed by atoms with Crippen LogP contribution in [0.1, 0.15) is 33.1 Å². The van der Waals surface area contributed by atoms with Crippen LogP contribution in [0.4, 0.5) is 0 Å². The standard InChI is InChI=1S/C12H23NO3/c1-4-16-12(14)9(2)8-13-10-5-6-11(7-10)15-3/h9-11,13H,4-8H2,1-3H3. The molecule has 1 N–H and O–H groups in total. The highest BCUT2D eigenvalue weighted by Crippen LogP contribution is 2.21. The molecule has 1 rings (SSSR count). The lowest BCUT2D eigenvalue weighted by molar-refractivity contribution is -0.147. The first-order valence-corrected chi connectivity index (χ1v) is 6.10. The Hall–Kier alpha value is -0.610. The van der Waals surface area contributed by atoms with E-state index in [1.165, 1.54) is 0 Å². The molecular formula is C12H23NO3. The van der Waals surface area contributed by atoms with Gasteiger partial charge in [-0.1, -0.05) is 6.92 Å². The van der Waals surface area contributed by atoms with Crippen LogP contribution in [-0.4, -0.2) is 38.4 Å². The summed E-state index contributed by atoms with van der Waals surface area (Å²) in [6.45, 7) is 4.88. The van der Waals surface area contributed by atoms with Gasteiger partial charge in [0.25, 0.3) is 0 Å². The summed E-state index contributed by atoms with van der Waals surface area (Å²) in [6.07, 6.45) is 3.68. The minimum Gasteiger partial charge on any atom is -0.466 e. The Balaban J connectivity index is 2.17. The van der Waals surface area contributed by atoms with Gasteiger partial charge in [0.05, 0.1) is 18.6 Å². The van der Waals surface area contributed by atoms with Crippen LogP contribution in [0.15, 0.2) is 0 Å². The molecule has 0 spiro atoms. The SMILES string of the molecule is CCOC(=O)C(C)CNC1CCC(OC)C1. The average molecular weight is 229 g/mol. The molecule has 0 aliphatic heterocycles. The molecule has 1 fully saturated rings. The zero-order valence-corrected chi connectivity index (χ0v) is 10.5. The normalized spacial score (nSPS) is 26.7. The predicted molar refractivity (Wildman–Crippen MR) is 62.2 cm³/mol. The van der Waals surface area contributed by atoms with Crippen LogP contribution in [0, 0.1) is 5.92 Å². The highest BCUT2D eigenvalue weighted by molar-refractivity contribution is 5.72. The Kier molecular flexibility index (Phi) is 5.77. The fourth-order valence-electron chi connectivity index (χ4n) is 2.05. The molecule has 94 valence electrons. The monoisotopic (exact) mass is 229 g/mol. The molecular weight excluding hydrogens is 206 g/mol. The van der Waals surface area contributed by atoms with Gasteiger partial charge in [0.2, 0.25) is 0 Å². The van der Waals surface area contributed by atoms with E-state index in [-0.39, 0.29) is 11.9 Å². The molecule has 1 aliphatic rings. The van der Waals surface area contributed by atoms with E-state index in [0.717, 1.165) is 19.3 Å². The molecule has 0 heterocycles. The number of carbonyl (C=O) groups excluding carboxylic acids is 1. The number of methoxy groups -OCH3 is 1. The van der Waals surface area contributed by atoms with Gasteiger partial charge < -0.3 is 14.8 Å². The second kappa shape index (κ2) is 6.86. The summed E-state index contributed by atoms with van der Waals surface area (Å²) in [5.41, 5.74) is 0. The summed E-state index contributed by atoms with van der Waals surface area (Å²) in [6, 6.07) is 0.488. The minimum absolute atomic E-state index is 0.0680. The van der Waals surface area contributed by atoms with Crippen LogP contribution in [0.2, 0.25) is 0 Å². The number of hydrogen-bond donors (Lipinski definition) is 1. The Bertz CT molecular complexity index is 220. The van der Waals surface area contributed by atoms with E-state index in [1.807, 2.05) is 13.8 Å². The zero-order valence-electron chi connectivity index (χ0n) is 10.5. The van der Waals surface area contributed by atoms with Crippen LogP contribution >= 0.6 is 0 Å². The summed E-state index contributed by atoms with van der Waals surface area (Å²) in [5, 5.41) is 3.40. The third kappa shape index (κ3) is 4.10. The van der Waals surface area contributed by atoms with Gasteiger partial charge in [-0.25, -0.2) is 0 Å². The van der Waals surface area contributed by atoms with Gasteiger partial charge in [-0.15, -0.1) is 0 Å². The van der Waals surface area contributed by atoms with Gasteiger partial charge in [-0.3, -0.25) is 4.79 Å². The van der Waals surface area contributed by atoms with Crippen molar-refractivity contribution >= 4 is 5.97 Å². The molecule has 1 aliphatic carbocycles. The quantitative estimate of drug-likeness (QED) is 0.698. The van der Waals surface area contributed by atoms with Crippen molar-refractivity contribution in [2.24, 2.45) is 5.92 Å². The molecule has 0 amide bonds. The summed E-state index contributed by atoms with van der Waals surface area (Å²) >= 11 is 0. The maximum Gasteiger partial charge on any atom is 0.309 e. The van der Waals surface area contributed by atoms with Crippen LogP contribution in [0.25, 0.3) is 0 Å². The number of ether oxygens (including phenoxy) is 2. The van der Waals surface area contributed by atoms with E-state index >= 15 is 0 Å². The van der Waals surface area contributed by atoms with Gasteiger partial charge in [-0.05, 0) is 26.2 Å². The first-order valence-electron chi connectivity index (χ1n) is 6.10. The van der Waals surface area contributed by atoms with E-state index in [9.17, 15) is 4.79 Å². The van der Waals surface area contributed by atoms with Crippen molar-refractivity contribution in [2.75, 3.05) is 20.3 Å². The van der Waals surface area contributed by atoms with Gasteiger partial charge in [0, 0.05) is 19.7 Å². The van der Waals surface area contributed by atoms with Crippen molar-refractivity contribution in [1.29, 1.82) is 0 Å². The van der Waals surface area contributed by atoms with E-state index in [0.29, 0.717) is 25.3 Å². The molecule has 0 saturated heterocycles. The van der Waals surface area contributed by atoms with Crippen molar-refractivity contribution in [3.05, 3.63) is 0 Å². The van der Waals surface area contributed by atoms with E-state index in [4.69, 9.17) is 9.47 Å². The minimum atomic E-state index is -0.115. The molecule has 4 nitrogen and oxygen atoms in total. The summed E-state index contributed by atoms with van der Waals surface area (Å²) in [7, 11) is 1.76. The first kappa shape index (κ1) is 13.5. The number of rotatable bonds is 6.